The molecule has 0 atom stereocenters. The van der Waals surface area contributed by atoms with Gasteiger partial charge in [0.05, 0.1) is 30.8 Å². The van der Waals surface area contributed by atoms with E-state index in [0.29, 0.717) is 11.8 Å². The Morgan fingerprint density at radius 3 is 2.62 bits per heavy atom. The van der Waals surface area contributed by atoms with Crippen LogP contribution in [0.4, 0.5) is 23.1 Å². The Morgan fingerprint density at radius 2 is 1.88 bits per heavy atom. The molecule has 1 aromatic carbocycles. The van der Waals surface area contributed by atoms with E-state index < -0.39 is 0 Å². The highest BCUT2D eigenvalue weighted by Crippen LogP contribution is 2.28. The van der Waals surface area contributed by atoms with E-state index in [1.54, 1.807) is 6.20 Å². The van der Waals surface area contributed by atoms with Gasteiger partial charge in [0.2, 0.25) is 5.95 Å². The van der Waals surface area contributed by atoms with Gasteiger partial charge < -0.3 is 20.3 Å². The summed E-state index contributed by atoms with van der Waals surface area (Å²) in [6.07, 6.45) is 1.63. The van der Waals surface area contributed by atoms with Crippen LogP contribution in [0.25, 0.3) is 0 Å². The molecule has 0 spiro atoms. The number of ether oxygens (including phenoxy) is 1. The lowest BCUT2D eigenvalue weighted by Crippen LogP contribution is -2.36. The average molecular weight is 328 g/mol. The number of benzene rings is 1. The SMILES string of the molecule is CC(C)(C)Nc1nncc(Nc2ccccc2N2CCOCC2)n1. The zero-order chi connectivity index (χ0) is 17.0. The van der Waals surface area contributed by atoms with Gasteiger partial charge in [0.15, 0.2) is 5.82 Å². The van der Waals surface area contributed by atoms with Gasteiger partial charge in [-0.3, -0.25) is 0 Å². The third-order valence-electron chi connectivity index (χ3n) is 3.56. The maximum atomic E-state index is 5.44. The lowest BCUT2D eigenvalue weighted by molar-refractivity contribution is 0.123. The first-order chi connectivity index (χ1) is 11.5. The topological polar surface area (TPSA) is 75.2 Å². The van der Waals surface area contributed by atoms with Crippen molar-refractivity contribution in [3.8, 4) is 0 Å². The van der Waals surface area contributed by atoms with E-state index in [0.717, 1.165) is 37.7 Å². The number of morpholine rings is 1. The monoisotopic (exact) mass is 328 g/mol. The second-order valence-electron chi connectivity index (χ2n) is 6.78. The molecule has 2 N–H and O–H groups in total. The Balaban J connectivity index is 1.80. The number of hydrogen-bond acceptors (Lipinski definition) is 7. The van der Waals surface area contributed by atoms with Crippen LogP contribution in [0.1, 0.15) is 20.8 Å². The molecule has 2 heterocycles. The molecule has 3 rings (SSSR count). The fraction of sp³-hybridized carbons (Fsp3) is 0.471. The van der Waals surface area contributed by atoms with Gasteiger partial charge in [0.25, 0.3) is 0 Å². The second-order valence-corrected chi connectivity index (χ2v) is 6.78. The summed E-state index contributed by atoms with van der Waals surface area (Å²) in [6.45, 7) is 9.46. The normalized spacial score (nSPS) is 15.2. The highest BCUT2D eigenvalue weighted by atomic mass is 16.5. The van der Waals surface area contributed by atoms with Crippen molar-refractivity contribution in [2.75, 3.05) is 41.8 Å². The maximum absolute atomic E-state index is 5.44. The minimum Gasteiger partial charge on any atom is -0.378 e. The minimum absolute atomic E-state index is 0.119. The Kier molecular flexibility index (Phi) is 4.80. The number of hydrogen-bond donors (Lipinski definition) is 2. The molecule has 0 unspecified atom stereocenters. The molecule has 0 radical (unpaired) electrons. The number of para-hydroxylation sites is 2. The summed E-state index contributed by atoms with van der Waals surface area (Å²) in [5, 5.41) is 14.7. The molecule has 0 bridgehead atoms. The van der Waals surface area contributed by atoms with Crippen molar-refractivity contribution >= 4 is 23.1 Å². The van der Waals surface area contributed by atoms with Crippen LogP contribution in [-0.2, 0) is 4.74 Å². The molecule has 1 aromatic heterocycles. The molecular formula is C17H24N6O. The van der Waals surface area contributed by atoms with E-state index in [1.165, 1.54) is 0 Å². The standard InChI is InChI=1S/C17H24N6O/c1-17(2,3)21-16-20-15(12-18-22-16)19-13-6-4-5-7-14(13)23-8-10-24-11-9-23/h4-7,12H,8-11H2,1-3H3,(H2,19,20,21,22). The van der Waals surface area contributed by atoms with Crippen molar-refractivity contribution in [3.05, 3.63) is 30.5 Å². The fourth-order valence-electron chi connectivity index (χ4n) is 2.55. The molecule has 2 aromatic rings. The molecular weight excluding hydrogens is 304 g/mol. The highest BCUT2D eigenvalue weighted by Gasteiger charge is 2.16. The Labute approximate surface area is 142 Å². The molecule has 7 nitrogen and oxygen atoms in total. The summed E-state index contributed by atoms with van der Waals surface area (Å²) in [5.41, 5.74) is 2.03. The summed E-state index contributed by atoms with van der Waals surface area (Å²) in [4.78, 5) is 6.81. The first-order valence-corrected chi connectivity index (χ1v) is 8.18. The maximum Gasteiger partial charge on any atom is 0.245 e. The minimum atomic E-state index is -0.119. The third kappa shape index (κ3) is 4.32. The van der Waals surface area contributed by atoms with Gasteiger partial charge in [0, 0.05) is 18.6 Å². The van der Waals surface area contributed by atoms with Crippen LogP contribution in [0.2, 0.25) is 0 Å². The fourth-order valence-corrected chi connectivity index (χ4v) is 2.55. The number of rotatable bonds is 4. The predicted molar refractivity (Wildman–Crippen MR) is 96.0 cm³/mol. The quantitative estimate of drug-likeness (QED) is 0.893. The van der Waals surface area contributed by atoms with E-state index >= 15 is 0 Å². The zero-order valence-electron chi connectivity index (χ0n) is 14.4. The van der Waals surface area contributed by atoms with Gasteiger partial charge in [-0.25, -0.2) is 0 Å². The molecule has 128 valence electrons. The van der Waals surface area contributed by atoms with Gasteiger partial charge in [-0.2, -0.15) is 10.1 Å². The van der Waals surface area contributed by atoms with Gasteiger partial charge in [-0.15, -0.1) is 5.10 Å². The van der Waals surface area contributed by atoms with Crippen LogP contribution in [0.3, 0.4) is 0 Å². The molecule has 7 heteroatoms. The second kappa shape index (κ2) is 7.00. The summed E-state index contributed by atoms with van der Waals surface area (Å²) in [5.74, 6) is 1.17. The van der Waals surface area contributed by atoms with E-state index in [-0.39, 0.29) is 5.54 Å². The Hall–Kier alpha value is -2.41. The van der Waals surface area contributed by atoms with Gasteiger partial charge >= 0.3 is 0 Å². The van der Waals surface area contributed by atoms with E-state index in [4.69, 9.17) is 4.74 Å². The largest absolute Gasteiger partial charge is 0.378 e. The van der Waals surface area contributed by atoms with Gasteiger partial charge in [-0.1, -0.05) is 12.1 Å². The van der Waals surface area contributed by atoms with Crippen LogP contribution >= 0.6 is 0 Å². The molecule has 1 fully saturated rings. The average Bonchev–Trinajstić information content (AvgIpc) is 2.55. The van der Waals surface area contributed by atoms with E-state index in [9.17, 15) is 0 Å². The van der Waals surface area contributed by atoms with Crippen LogP contribution in [0.5, 0.6) is 0 Å². The molecule has 1 aliphatic rings. The highest BCUT2D eigenvalue weighted by molar-refractivity contribution is 5.74. The molecule has 24 heavy (non-hydrogen) atoms. The molecule has 0 aliphatic carbocycles. The summed E-state index contributed by atoms with van der Waals surface area (Å²) in [6, 6.07) is 8.20. The zero-order valence-corrected chi connectivity index (χ0v) is 14.4. The van der Waals surface area contributed by atoms with Gasteiger partial charge in [0.1, 0.15) is 0 Å². The molecule has 0 amide bonds. The molecule has 1 saturated heterocycles. The number of anilines is 4. The molecule has 0 saturated carbocycles. The lowest BCUT2D eigenvalue weighted by atomic mass is 10.1. The van der Waals surface area contributed by atoms with E-state index in [1.807, 2.05) is 18.2 Å². The lowest BCUT2D eigenvalue weighted by Gasteiger charge is -2.30. The van der Waals surface area contributed by atoms with Crippen molar-refractivity contribution in [1.82, 2.24) is 15.2 Å². The van der Waals surface area contributed by atoms with E-state index in [2.05, 4.69) is 57.6 Å². The van der Waals surface area contributed by atoms with Crippen molar-refractivity contribution in [2.45, 2.75) is 26.3 Å². The number of nitrogens with zero attached hydrogens (tertiary/aromatic N) is 4. The smallest absolute Gasteiger partial charge is 0.245 e. The van der Waals surface area contributed by atoms with Crippen LogP contribution in [-0.4, -0.2) is 47.0 Å². The first-order valence-electron chi connectivity index (χ1n) is 8.18. The summed E-state index contributed by atoms with van der Waals surface area (Å²) < 4.78 is 5.44. The first kappa shape index (κ1) is 16.4. The Morgan fingerprint density at radius 1 is 1.12 bits per heavy atom. The van der Waals surface area contributed by atoms with Crippen LogP contribution in [0, 0.1) is 0 Å². The number of nitrogens with one attached hydrogen (secondary N) is 2. The third-order valence-corrected chi connectivity index (χ3v) is 3.56. The van der Waals surface area contributed by atoms with Crippen molar-refractivity contribution in [1.29, 1.82) is 0 Å². The van der Waals surface area contributed by atoms with Crippen molar-refractivity contribution in [3.63, 3.8) is 0 Å². The Bertz CT molecular complexity index is 679. The van der Waals surface area contributed by atoms with Crippen molar-refractivity contribution in [2.24, 2.45) is 0 Å². The van der Waals surface area contributed by atoms with Crippen LogP contribution in [0.15, 0.2) is 30.5 Å². The molecule has 1 aliphatic heterocycles. The summed E-state index contributed by atoms with van der Waals surface area (Å²) >= 11 is 0. The summed E-state index contributed by atoms with van der Waals surface area (Å²) in [7, 11) is 0. The van der Waals surface area contributed by atoms with Crippen molar-refractivity contribution < 1.29 is 4.74 Å². The number of aromatic nitrogens is 3. The van der Waals surface area contributed by atoms with Gasteiger partial charge in [-0.05, 0) is 32.9 Å². The predicted octanol–water partition coefficient (Wildman–Crippen LogP) is 2.66. The van der Waals surface area contributed by atoms with Crippen LogP contribution < -0.4 is 15.5 Å².